The number of thiazole rings is 1. The van der Waals surface area contributed by atoms with Crippen molar-refractivity contribution in [3.05, 3.63) is 16.1 Å². The van der Waals surface area contributed by atoms with E-state index in [2.05, 4.69) is 20.6 Å². The van der Waals surface area contributed by atoms with Crippen LogP contribution in [0, 0.1) is 0 Å². The topological polar surface area (TPSA) is 78.9 Å². The first-order valence-corrected chi connectivity index (χ1v) is 10.1. The molecule has 29 heavy (non-hydrogen) atoms. The number of hydrogen-bond donors (Lipinski definition) is 2. The van der Waals surface area contributed by atoms with E-state index in [0.29, 0.717) is 36.9 Å². The molecule has 0 saturated carbocycles. The molecule has 1 unspecified atom stereocenters. The molecule has 0 spiro atoms. The van der Waals surface area contributed by atoms with Crippen LogP contribution in [0.2, 0.25) is 0 Å². The number of rotatable bonds is 7. The van der Waals surface area contributed by atoms with Crippen LogP contribution in [0.25, 0.3) is 0 Å². The van der Waals surface area contributed by atoms with E-state index in [1.165, 1.54) is 0 Å². The number of aliphatic imine (C=N–C) groups is 1. The molecule has 0 aromatic carbocycles. The molecule has 1 aromatic heterocycles. The van der Waals surface area contributed by atoms with Gasteiger partial charge in [-0.05, 0) is 34.1 Å². The summed E-state index contributed by atoms with van der Waals surface area (Å²) in [6, 6.07) is -0.0495. The van der Waals surface area contributed by atoms with Gasteiger partial charge in [0.05, 0.1) is 5.01 Å². The zero-order valence-electron chi connectivity index (χ0n) is 17.7. The van der Waals surface area contributed by atoms with Gasteiger partial charge in [-0.3, -0.25) is 4.99 Å². The van der Waals surface area contributed by atoms with E-state index in [1.807, 2.05) is 27.7 Å². The Kier molecular flexibility index (Phi) is 9.18. The van der Waals surface area contributed by atoms with Crippen LogP contribution in [0.4, 0.5) is 18.0 Å². The fourth-order valence-electron chi connectivity index (χ4n) is 2.17. The van der Waals surface area contributed by atoms with E-state index < -0.39 is 17.5 Å². The van der Waals surface area contributed by atoms with E-state index in [0.717, 1.165) is 16.7 Å². The summed E-state index contributed by atoms with van der Waals surface area (Å²) in [7, 11) is 3.30. The van der Waals surface area contributed by atoms with Crippen molar-refractivity contribution in [2.75, 3.05) is 27.2 Å². The molecule has 166 valence electrons. The molecule has 0 fully saturated rings. The third kappa shape index (κ3) is 9.33. The van der Waals surface area contributed by atoms with Gasteiger partial charge in [-0.25, -0.2) is 9.78 Å². The Morgan fingerprint density at radius 2 is 1.93 bits per heavy atom. The van der Waals surface area contributed by atoms with Crippen molar-refractivity contribution in [2.24, 2.45) is 4.99 Å². The molecule has 1 atom stereocenters. The minimum absolute atomic E-state index is 0.0495. The highest BCUT2D eigenvalue weighted by atomic mass is 32.1. The first-order chi connectivity index (χ1) is 13.3. The fraction of sp³-hybridized carbons (Fsp3) is 0.722. The number of alkyl halides is 3. The van der Waals surface area contributed by atoms with Gasteiger partial charge < -0.3 is 20.3 Å². The Morgan fingerprint density at radius 1 is 1.31 bits per heavy atom. The summed E-state index contributed by atoms with van der Waals surface area (Å²) in [5, 5.41) is 7.59. The molecule has 1 rings (SSSR count). The van der Waals surface area contributed by atoms with Crippen molar-refractivity contribution in [1.29, 1.82) is 0 Å². The third-order valence-electron chi connectivity index (χ3n) is 3.89. The second-order valence-corrected chi connectivity index (χ2v) is 8.47. The summed E-state index contributed by atoms with van der Waals surface area (Å²) in [6.45, 7) is 8.33. The number of halogens is 3. The Labute approximate surface area is 173 Å². The maximum absolute atomic E-state index is 12.6. The second kappa shape index (κ2) is 10.7. The fourth-order valence-corrected chi connectivity index (χ4v) is 2.98. The number of nitrogens with one attached hydrogen (secondary N) is 2. The van der Waals surface area contributed by atoms with Gasteiger partial charge in [0, 0.05) is 45.0 Å². The maximum atomic E-state index is 12.6. The zero-order valence-corrected chi connectivity index (χ0v) is 18.5. The smallest absolute Gasteiger partial charge is 0.434 e. The number of carbonyl (C=O) groups excluding carboxylic acids is 1. The van der Waals surface area contributed by atoms with E-state index in [4.69, 9.17) is 4.74 Å². The molecular weight excluding hydrogens is 407 g/mol. The zero-order chi connectivity index (χ0) is 22.2. The van der Waals surface area contributed by atoms with Crippen LogP contribution in [0.5, 0.6) is 0 Å². The Hall–Kier alpha value is -2.04. The van der Waals surface area contributed by atoms with Gasteiger partial charge in [-0.2, -0.15) is 13.2 Å². The van der Waals surface area contributed by atoms with Crippen LogP contribution in [0.15, 0.2) is 10.4 Å². The highest BCUT2D eigenvalue weighted by Crippen LogP contribution is 2.29. The SMILES string of the molecule is CN=C(NCCc1nc(C(F)(F)F)cs1)NCCC(C)N(C)C(=O)OC(C)(C)C. The van der Waals surface area contributed by atoms with Crippen molar-refractivity contribution < 1.29 is 22.7 Å². The summed E-state index contributed by atoms with van der Waals surface area (Å²) in [5.41, 5.74) is -1.41. The number of hydrogen-bond acceptors (Lipinski definition) is 5. The summed E-state index contributed by atoms with van der Waals surface area (Å²) in [5.74, 6) is 0.532. The lowest BCUT2D eigenvalue weighted by Gasteiger charge is -2.28. The summed E-state index contributed by atoms with van der Waals surface area (Å²) >= 11 is 0.986. The molecule has 2 N–H and O–H groups in total. The van der Waals surface area contributed by atoms with Crippen molar-refractivity contribution in [3.8, 4) is 0 Å². The predicted molar refractivity (Wildman–Crippen MR) is 108 cm³/mol. The van der Waals surface area contributed by atoms with E-state index in [9.17, 15) is 18.0 Å². The first kappa shape index (κ1) is 25.0. The van der Waals surface area contributed by atoms with Gasteiger partial charge in [-0.1, -0.05) is 0 Å². The van der Waals surface area contributed by atoms with Crippen molar-refractivity contribution in [2.45, 2.75) is 58.4 Å². The molecule has 1 heterocycles. The predicted octanol–water partition coefficient (Wildman–Crippen LogP) is 3.51. The van der Waals surface area contributed by atoms with Crippen LogP contribution in [-0.2, 0) is 17.3 Å². The second-order valence-electron chi connectivity index (χ2n) is 7.53. The van der Waals surface area contributed by atoms with Crippen LogP contribution in [0.3, 0.4) is 0 Å². The number of aromatic nitrogens is 1. The highest BCUT2D eigenvalue weighted by Gasteiger charge is 2.33. The monoisotopic (exact) mass is 437 g/mol. The van der Waals surface area contributed by atoms with Gasteiger partial charge in [0.25, 0.3) is 0 Å². The normalized spacial score (nSPS) is 13.8. The standard InChI is InChI=1S/C18H30F3N5O2S/c1-12(26(6)16(27)28-17(2,3)4)7-9-23-15(22-5)24-10-8-14-25-13(11-29-14)18(19,20)21/h11-12H,7-10H2,1-6H3,(H2,22,23,24). The molecule has 0 aliphatic rings. The minimum atomic E-state index is -4.41. The molecule has 7 nitrogen and oxygen atoms in total. The number of ether oxygens (including phenoxy) is 1. The summed E-state index contributed by atoms with van der Waals surface area (Å²) < 4.78 is 43.0. The molecule has 1 amide bonds. The van der Waals surface area contributed by atoms with Crippen molar-refractivity contribution in [3.63, 3.8) is 0 Å². The lowest BCUT2D eigenvalue weighted by molar-refractivity contribution is -0.140. The summed E-state index contributed by atoms with van der Waals surface area (Å²) in [4.78, 5) is 21.3. The van der Waals surface area contributed by atoms with Gasteiger partial charge >= 0.3 is 12.3 Å². The van der Waals surface area contributed by atoms with Gasteiger partial charge in [-0.15, -0.1) is 11.3 Å². The largest absolute Gasteiger partial charge is 0.444 e. The van der Waals surface area contributed by atoms with Gasteiger partial charge in [0.2, 0.25) is 0 Å². The average Bonchev–Trinajstić information content (AvgIpc) is 3.07. The van der Waals surface area contributed by atoms with Crippen LogP contribution >= 0.6 is 11.3 Å². The van der Waals surface area contributed by atoms with Crippen molar-refractivity contribution in [1.82, 2.24) is 20.5 Å². The average molecular weight is 438 g/mol. The molecule has 0 aliphatic carbocycles. The quantitative estimate of drug-likeness (QED) is 0.504. The van der Waals surface area contributed by atoms with E-state index >= 15 is 0 Å². The molecule has 0 aliphatic heterocycles. The van der Waals surface area contributed by atoms with Crippen LogP contribution in [0.1, 0.15) is 44.8 Å². The highest BCUT2D eigenvalue weighted by molar-refractivity contribution is 7.09. The first-order valence-electron chi connectivity index (χ1n) is 9.25. The Morgan fingerprint density at radius 3 is 2.45 bits per heavy atom. The van der Waals surface area contributed by atoms with Crippen molar-refractivity contribution >= 4 is 23.4 Å². The minimum Gasteiger partial charge on any atom is -0.444 e. The van der Waals surface area contributed by atoms with Gasteiger partial charge in [0.15, 0.2) is 11.7 Å². The number of guanidine groups is 1. The lowest BCUT2D eigenvalue weighted by atomic mass is 10.2. The number of amides is 1. The maximum Gasteiger partial charge on any atom is 0.434 e. The number of nitrogens with zero attached hydrogens (tertiary/aromatic N) is 3. The summed E-state index contributed by atoms with van der Waals surface area (Å²) in [6.07, 6.45) is -3.77. The molecule has 0 saturated heterocycles. The molecule has 11 heteroatoms. The third-order valence-corrected chi connectivity index (χ3v) is 4.80. The van der Waals surface area contributed by atoms with E-state index in [-0.39, 0.29) is 12.1 Å². The molecular formula is C18H30F3N5O2S. The van der Waals surface area contributed by atoms with Crippen LogP contribution in [-0.4, -0.2) is 60.8 Å². The lowest BCUT2D eigenvalue weighted by Crippen LogP contribution is -2.43. The molecule has 0 bridgehead atoms. The van der Waals surface area contributed by atoms with E-state index in [1.54, 1.807) is 19.0 Å². The van der Waals surface area contributed by atoms with Gasteiger partial charge in [0.1, 0.15) is 5.60 Å². The van der Waals surface area contributed by atoms with Crippen LogP contribution < -0.4 is 10.6 Å². The molecule has 1 aromatic rings. The number of carbonyl (C=O) groups is 1. The Bertz CT molecular complexity index is 686. The Balaban J connectivity index is 2.35. The molecule has 0 radical (unpaired) electrons.